The number of rotatable bonds is 8. The summed E-state index contributed by atoms with van der Waals surface area (Å²) < 4.78 is 11.6. The van der Waals surface area contributed by atoms with Crippen LogP contribution >= 0.6 is 0 Å². The Balaban J connectivity index is 2.65. The average molecular weight is 279 g/mol. The van der Waals surface area contributed by atoms with E-state index in [1.54, 1.807) is 0 Å². The van der Waals surface area contributed by atoms with E-state index in [9.17, 15) is 0 Å². The zero-order valence-electron chi connectivity index (χ0n) is 13.7. The van der Waals surface area contributed by atoms with E-state index >= 15 is 0 Å². The fourth-order valence-electron chi connectivity index (χ4n) is 1.81. The van der Waals surface area contributed by atoms with Crippen LogP contribution < -0.4 is 10.1 Å². The zero-order valence-corrected chi connectivity index (χ0v) is 13.7. The van der Waals surface area contributed by atoms with Gasteiger partial charge in [-0.3, -0.25) is 0 Å². The van der Waals surface area contributed by atoms with Crippen molar-refractivity contribution in [3.63, 3.8) is 0 Å². The molecule has 1 aromatic carbocycles. The molecular weight excluding hydrogens is 250 g/mol. The molecule has 0 aliphatic carbocycles. The minimum absolute atomic E-state index is 0.0736. The van der Waals surface area contributed by atoms with Crippen LogP contribution in [0.1, 0.15) is 52.6 Å². The van der Waals surface area contributed by atoms with Gasteiger partial charge in [0.15, 0.2) is 0 Å². The Bertz CT molecular complexity index is 384. The van der Waals surface area contributed by atoms with Crippen molar-refractivity contribution < 1.29 is 9.47 Å². The Hall–Kier alpha value is -1.06. The van der Waals surface area contributed by atoms with Crippen molar-refractivity contribution in [1.29, 1.82) is 0 Å². The summed E-state index contributed by atoms with van der Waals surface area (Å²) in [6, 6.07) is 8.44. The highest BCUT2D eigenvalue weighted by Crippen LogP contribution is 2.21. The van der Waals surface area contributed by atoms with E-state index in [-0.39, 0.29) is 17.7 Å². The third kappa shape index (κ3) is 5.51. The van der Waals surface area contributed by atoms with Gasteiger partial charge in [0.05, 0.1) is 24.4 Å². The Morgan fingerprint density at radius 1 is 1.15 bits per heavy atom. The van der Waals surface area contributed by atoms with Gasteiger partial charge in [0, 0.05) is 0 Å². The van der Waals surface area contributed by atoms with Crippen LogP contribution in [-0.4, -0.2) is 25.4 Å². The van der Waals surface area contributed by atoms with Crippen LogP contribution in [0.4, 0.5) is 0 Å². The fraction of sp³-hybridized carbons (Fsp3) is 0.647. The van der Waals surface area contributed by atoms with Crippen molar-refractivity contribution in [3.05, 3.63) is 29.8 Å². The molecule has 1 rings (SSSR count). The Morgan fingerprint density at radius 3 is 2.20 bits per heavy atom. The summed E-state index contributed by atoms with van der Waals surface area (Å²) >= 11 is 0. The SMILES string of the molecule is CCC(C)(C)OCC(NC)c1ccc(OC(C)C)cc1. The molecule has 0 amide bonds. The number of benzene rings is 1. The second-order valence-electron chi connectivity index (χ2n) is 6.00. The number of hydrogen-bond acceptors (Lipinski definition) is 3. The Labute approximate surface area is 123 Å². The highest BCUT2D eigenvalue weighted by molar-refractivity contribution is 5.29. The molecule has 0 aromatic heterocycles. The maximum absolute atomic E-state index is 5.99. The van der Waals surface area contributed by atoms with Crippen molar-refractivity contribution in [2.45, 2.75) is 58.8 Å². The van der Waals surface area contributed by atoms with E-state index in [0.717, 1.165) is 12.2 Å². The first kappa shape index (κ1) is 17.0. The van der Waals surface area contributed by atoms with Crippen LogP contribution in [0.25, 0.3) is 0 Å². The van der Waals surface area contributed by atoms with Gasteiger partial charge in [0.2, 0.25) is 0 Å². The van der Waals surface area contributed by atoms with E-state index in [4.69, 9.17) is 9.47 Å². The van der Waals surface area contributed by atoms with E-state index in [1.165, 1.54) is 5.56 Å². The topological polar surface area (TPSA) is 30.5 Å². The maximum Gasteiger partial charge on any atom is 0.119 e. The minimum Gasteiger partial charge on any atom is -0.491 e. The molecule has 114 valence electrons. The normalized spacial score (nSPS) is 13.6. The summed E-state index contributed by atoms with van der Waals surface area (Å²) in [6.45, 7) is 11.1. The lowest BCUT2D eigenvalue weighted by atomic mass is 10.1. The lowest BCUT2D eigenvalue weighted by Gasteiger charge is -2.27. The van der Waals surface area contributed by atoms with Crippen LogP contribution in [0.15, 0.2) is 24.3 Å². The molecule has 1 unspecified atom stereocenters. The summed E-state index contributed by atoms with van der Waals surface area (Å²) in [7, 11) is 1.96. The van der Waals surface area contributed by atoms with Crippen LogP contribution in [0, 0.1) is 0 Å². The van der Waals surface area contributed by atoms with Gasteiger partial charge in [-0.2, -0.15) is 0 Å². The molecule has 0 saturated carbocycles. The Kier molecular flexibility index (Phi) is 6.50. The fourth-order valence-corrected chi connectivity index (χ4v) is 1.81. The van der Waals surface area contributed by atoms with Crippen LogP contribution in [0.3, 0.4) is 0 Å². The zero-order chi connectivity index (χ0) is 15.2. The molecule has 0 fully saturated rings. The van der Waals surface area contributed by atoms with Gasteiger partial charge >= 0.3 is 0 Å². The third-order valence-corrected chi connectivity index (χ3v) is 3.49. The van der Waals surface area contributed by atoms with Gasteiger partial charge in [-0.15, -0.1) is 0 Å². The maximum atomic E-state index is 5.99. The first-order chi connectivity index (χ1) is 9.38. The van der Waals surface area contributed by atoms with Crippen molar-refractivity contribution in [3.8, 4) is 5.75 Å². The summed E-state index contributed by atoms with van der Waals surface area (Å²) in [5.41, 5.74) is 1.14. The summed E-state index contributed by atoms with van der Waals surface area (Å²) in [6.07, 6.45) is 1.21. The van der Waals surface area contributed by atoms with Crippen molar-refractivity contribution in [1.82, 2.24) is 5.32 Å². The second kappa shape index (κ2) is 7.65. The van der Waals surface area contributed by atoms with E-state index in [2.05, 4.69) is 38.2 Å². The van der Waals surface area contributed by atoms with Gasteiger partial charge in [0.1, 0.15) is 5.75 Å². The monoisotopic (exact) mass is 279 g/mol. The van der Waals surface area contributed by atoms with Gasteiger partial charge in [-0.1, -0.05) is 19.1 Å². The molecule has 3 heteroatoms. The van der Waals surface area contributed by atoms with E-state index in [1.807, 2.05) is 33.0 Å². The number of nitrogens with one attached hydrogen (secondary N) is 1. The Morgan fingerprint density at radius 2 is 1.75 bits per heavy atom. The quantitative estimate of drug-likeness (QED) is 0.782. The highest BCUT2D eigenvalue weighted by atomic mass is 16.5. The van der Waals surface area contributed by atoms with E-state index in [0.29, 0.717) is 6.61 Å². The van der Waals surface area contributed by atoms with Gasteiger partial charge < -0.3 is 14.8 Å². The molecule has 0 radical (unpaired) electrons. The predicted octanol–water partition coefficient (Wildman–Crippen LogP) is 3.94. The molecule has 0 aliphatic rings. The molecular formula is C17H29NO2. The average Bonchev–Trinajstić information content (AvgIpc) is 2.40. The van der Waals surface area contributed by atoms with Crippen LogP contribution in [-0.2, 0) is 4.74 Å². The summed E-state index contributed by atoms with van der Waals surface area (Å²) in [5, 5.41) is 3.31. The summed E-state index contributed by atoms with van der Waals surface area (Å²) in [5.74, 6) is 0.911. The first-order valence-corrected chi connectivity index (χ1v) is 7.45. The molecule has 0 bridgehead atoms. The van der Waals surface area contributed by atoms with Crippen LogP contribution in [0.5, 0.6) is 5.75 Å². The lowest BCUT2D eigenvalue weighted by molar-refractivity contribution is -0.0300. The summed E-state index contributed by atoms with van der Waals surface area (Å²) in [4.78, 5) is 0. The molecule has 1 N–H and O–H groups in total. The largest absolute Gasteiger partial charge is 0.491 e. The molecule has 3 nitrogen and oxygen atoms in total. The molecule has 0 heterocycles. The third-order valence-electron chi connectivity index (χ3n) is 3.49. The number of ether oxygens (including phenoxy) is 2. The smallest absolute Gasteiger partial charge is 0.119 e. The minimum atomic E-state index is -0.0736. The van der Waals surface area contributed by atoms with Gasteiger partial charge in [-0.25, -0.2) is 0 Å². The van der Waals surface area contributed by atoms with Crippen molar-refractivity contribution >= 4 is 0 Å². The lowest BCUT2D eigenvalue weighted by Crippen LogP contribution is -2.30. The molecule has 0 saturated heterocycles. The standard InChI is InChI=1S/C17H29NO2/c1-7-17(4,5)19-12-16(18-6)14-8-10-15(11-9-14)20-13(2)3/h8-11,13,16,18H,7,12H2,1-6H3. The molecule has 1 atom stereocenters. The molecule has 1 aromatic rings. The molecule has 0 spiro atoms. The predicted molar refractivity (Wildman–Crippen MR) is 84.3 cm³/mol. The number of likely N-dealkylation sites (N-methyl/N-ethyl adjacent to an activating group) is 1. The number of hydrogen-bond donors (Lipinski definition) is 1. The van der Waals surface area contributed by atoms with Crippen LogP contribution in [0.2, 0.25) is 0 Å². The van der Waals surface area contributed by atoms with Crippen molar-refractivity contribution in [2.75, 3.05) is 13.7 Å². The van der Waals surface area contributed by atoms with Gasteiger partial charge in [-0.05, 0) is 58.9 Å². The first-order valence-electron chi connectivity index (χ1n) is 7.45. The second-order valence-corrected chi connectivity index (χ2v) is 6.00. The molecule has 20 heavy (non-hydrogen) atoms. The van der Waals surface area contributed by atoms with Gasteiger partial charge in [0.25, 0.3) is 0 Å². The highest BCUT2D eigenvalue weighted by Gasteiger charge is 2.18. The van der Waals surface area contributed by atoms with E-state index < -0.39 is 0 Å². The molecule has 0 aliphatic heterocycles. The van der Waals surface area contributed by atoms with Crippen molar-refractivity contribution in [2.24, 2.45) is 0 Å².